The number of alkyl halides is 3. The van der Waals surface area contributed by atoms with Crippen molar-refractivity contribution >= 4 is 12.0 Å². The van der Waals surface area contributed by atoms with Crippen molar-refractivity contribution in [1.82, 2.24) is 10.6 Å². The van der Waals surface area contributed by atoms with Gasteiger partial charge < -0.3 is 15.7 Å². The summed E-state index contributed by atoms with van der Waals surface area (Å²) in [5.41, 5.74) is -4.04. The van der Waals surface area contributed by atoms with E-state index in [4.69, 9.17) is 5.11 Å². The third-order valence-corrected chi connectivity index (χ3v) is 2.69. The van der Waals surface area contributed by atoms with Crippen LogP contribution in [0.5, 0.6) is 0 Å². The minimum absolute atomic E-state index is 0.404. The van der Waals surface area contributed by atoms with Crippen LogP contribution >= 0.6 is 0 Å². The highest BCUT2D eigenvalue weighted by Crippen LogP contribution is 2.30. The molecule has 0 fully saturated rings. The smallest absolute Gasteiger partial charge is 0.422 e. The van der Waals surface area contributed by atoms with Gasteiger partial charge in [-0.25, -0.2) is 9.59 Å². The molecule has 0 radical (unpaired) electrons. The molecule has 0 aromatic carbocycles. The summed E-state index contributed by atoms with van der Waals surface area (Å²) in [6.07, 6.45) is -3.82. The largest absolute Gasteiger partial charge is 0.479 e. The van der Waals surface area contributed by atoms with Crippen LogP contribution in [0.25, 0.3) is 0 Å². The minimum Gasteiger partial charge on any atom is -0.479 e. The van der Waals surface area contributed by atoms with Crippen LogP contribution in [0.15, 0.2) is 0 Å². The Hall–Kier alpha value is -1.47. The second-order valence-corrected chi connectivity index (χ2v) is 5.14. The molecule has 0 saturated heterocycles. The number of amides is 2. The number of urea groups is 1. The Kier molecular flexibility index (Phi) is 5.23. The molecule has 0 spiro atoms. The average molecular weight is 284 g/mol. The van der Waals surface area contributed by atoms with Gasteiger partial charge in [0, 0.05) is 5.54 Å². The van der Waals surface area contributed by atoms with Gasteiger partial charge in [0.1, 0.15) is 0 Å². The predicted octanol–water partition coefficient (Wildman–Crippen LogP) is 2.27. The highest BCUT2D eigenvalue weighted by Gasteiger charge is 2.58. The average Bonchev–Trinajstić information content (AvgIpc) is 2.13. The first-order valence-electron chi connectivity index (χ1n) is 5.76. The molecule has 0 aliphatic heterocycles. The van der Waals surface area contributed by atoms with E-state index in [9.17, 15) is 22.8 Å². The topological polar surface area (TPSA) is 78.4 Å². The molecule has 19 heavy (non-hydrogen) atoms. The number of carbonyl (C=O) groups is 2. The maximum Gasteiger partial charge on any atom is 0.422 e. The molecule has 8 heteroatoms. The SMILES string of the molecule is CCCC(C)(C)NC(=O)NC(C)(C(=O)O)C(F)(F)F. The van der Waals surface area contributed by atoms with Crippen LogP contribution in [0.1, 0.15) is 40.5 Å². The van der Waals surface area contributed by atoms with Crippen LogP contribution in [-0.2, 0) is 4.79 Å². The monoisotopic (exact) mass is 284 g/mol. The van der Waals surface area contributed by atoms with E-state index in [0.717, 1.165) is 6.42 Å². The lowest BCUT2D eigenvalue weighted by Crippen LogP contribution is -2.65. The van der Waals surface area contributed by atoms with E-state index in [1.807, 2.05) is 6.92 Å². The highest BCUT2D eigenvalue weighted by molar-refractivity contribution is 5.87. The summed E-state index contributed by atoms with van der Waals surface area (Å²) in [7, 11) is 0. The van der Waals surface area contributed by atoms with Crippen LogP contribution in [-0.4, -0.2) is 34.4 Å². The van der Waals surface area contributed by atoms with Gasteiger partial charge in [-0.3, -0.25) is 0 Å². The zero-order chi connectivity index (χ0) is 15.5. The van der Waals surface area contributed by atoms with Gasteiger partial charge in [-0.15, -0.1) is 0 Å². The summed E-state index contributed by atoms with van der Waals surface area (Å²) < 4.78 is 38.0. The Morgan fingerprint density at radius 1 is 1.11 bits per heavy atom. The van der Waals surface area contributed by atoms with Crippen LogP contribution in [0.4, 0.5) is 18.0 Å². The van der Waals surface area contributed by atoms with E-state index in [-0.39, 0.29) is 0 Å². The first-order chi connectivity index (χ1) is 8.35. The highest BCUT2D eigenvalue weighted by atomic mass is 19.4. The maximum atomic E-state index is 12.7. The van der Waals surface area contributed by atoms with E-state index in [0.29, 0.717) is 13.3 Å². The van der Waals surface area contributed by atoms with Gasteiger partial charge in [-0.05, 0) is 27.2 Å². The quantitative estimate of drug-likeness (QED) is 0.724. The second-order valence-electron chi connectivity index (χ2n) is 5.14. The summed E-state index contributed by atoms with van der Waals surface area (Å²) in [6.45, 7) is 5.55. The van der Waals surface area contributed by atoms with Gasteiger partial charge in [0.05, 0.1) is 0 Å². The molecule has 0 aliphatic carbocycles. The Morgan fingerprint density at radius 3 is 1.89 bits per heavy atom. The van der Waals surface area contributed by atoms with E-state index in [1.165, 1.54) is 5.32 Å². The number of carboxylic acids is 1. The van der Waals surface area contributed by atoms with Crippen LogP contribution in [0, 0.1) is 0 Å². The first kappa shape index (κ1) is 17.5. The van der Waals surface area contributed by atoms with Crippen molar-refractivity contribution < 1.29 is 27.9 Å². The Morgan fingerprint density at radius 2 is 1.58 bits per heavy atom. The van der Waals surface area contributed by atoms with Gasteiger partial charge in [0.2, 0.25) is 5.54 Å². The zero-order valence-electron chi connectivity index (χ0n) is 11.3. The van der Waals surface area contributed by atoms with Gasteiger partial charge in [0.15, 0.2) is 0 Å². The van der Waals surface area contributed by atoms with Crippen molar-refractivity contribution in [1.29, 1.82) is 0 Å². The number of nitrogens with one attached hydrogen (secondary N) is 2. The van der Waals surface area contributed by atoms with Gasteiger partial charge >= 0.3 is 18.2 Å². The fourth-order valence-electron chi connectivity index (χ4n) is 1.50. The predicted molar refractivity (Wildman–Crippen MR) is 62.8 cm³/mol. The van der Waals surface area contributed by atoms with Crippen molar-refractivity contribution in [2.24, 2.45) is 0 Å². The summed E-state index contributed by atoms with van der Waals surface area (Å²) >= 11 is 0. The molecule has 2 amide bonds. The molecule has 0 heterocycles. The molecule has 0 saturated carbocycles. The maximum absolute atomic E-state index is 12.7. The molecule has 112 valence electrons. The molecule has 0 aliphatic rings. The molecule has 3 N–H and O–H groups in total. The molecule has 1 unspecified atom stereocenters. The lowest BCUT2D eigenvalue weighted by atomic mass is 9.99. The van der Waals surface area contributed by atoms with Gasteiger partial charge in [-0.2, -0.15) is 13.2 Å². The molecular formula is C11H19F3N2O3. The van der Waals surface area contributed by atoms with Crippen LogP contribution in [0.3, 0.4) is 0 Å². The third kappa shape index (κ3) is 4.60. The first-order valence-corrected chi connectivity index (χ1v) is 5.76. The normalized spacial score (nSPS) is 15.5. The molecule has 0 bridgehead atoms. The van der Waals surface area contributed by atoms with Crippen LogP contribution in [0.2, 0.25) is 0 Å². The third-order valence-electron chi connectivity index (χ3n) is 2.69. The van der Waals surface area contributed by atoms with E-state index in [2.05, 4.69) is 5.32 Å². The standard InChI is InChI=1S/C11H19F3N2O3/c1-5-6-9(2,3)15-8(19)16-10(4,7(17)18)11(12,13)14/h5-6H2,1-4H3,(H,17,18)(H2,15,16,19). The Labute approximate surface area is 109 Å². The summed E-state index contributed by atoms with van der Waals surface area (Å²) in [6, 6.07) is -1.17. The van der Waals surface area contributed by atoms with Gasteiger partial charge in [-0.1, -0.05) is 13.3 Å². The lowest BCUT2D eigenvalue weighted by Gasteiger charge is -2.32. The Bertz CT molecular complexity index is 356. The molecule has 0 aromatic rings. The number of rotatable bonds is 5. The lowest BCUT2D eigenvalue weighted by molar-refractivity contribution is -0.203. The minimum atomic E-state index is -5.09. The summed E-state index contributed by atoms with van der Waals surface area (Å²) in [4.78, 5) is 22.2. The number of hydrogen-bond acceptors (Lipinski definition) is 2. The number of halogens is 3. The fourth-order valence-corrected chi connectivity index (χ4v) is 1.50. The zero-order valence-corrected chi connectivity index (χ0v) is 11.3. The van der Waals surface area contributed by atoms with E-state index < -0.39 is 29.3 Å². The van der Waals surface area contributed by atoms with E-state index in [1.54, 1.807) is 13.8 Å². The van der Waals surface area contributed by atoms with Crippen LogP contribution < -0.4 is 10.6 Å². The van der Waals surface area contributed by atoms with Gasteiger partial charge in [0.25, 0.3) is 0 Å². The second kappa shape index (κ2) is 5.66. The van der Waals surface area contributed by atoms with Crippen molar-refractivity contribution in [2.45, 2.75) is 57.8 Å². The van der Waals surface area contributed by atoms with Crippen molar-refractivity contribution in [3.8, 4) is 0 Å². The number of aliphatic carboxylic acids is 1. The van der Waals surface area contributed by atoms with Crippen molar-refractivity contribution in [3.05, 3.63) is 0 Å². The fraction of sp³-hybridized carbons (Fsp3) is 0.818. The molecular weight excluding hydrogens is 265 g/mol. The number of hydrogen-bond donors (Lipinski definition) is 3. The number of carbonyl (C=O) groups excluding carboxylic acids is 1. The van der Waals surface area contributed by atoms with Crippen molar-refractivity contribution in [2.75, 3.05) is 0 Å². The Balaban J connectivity index is 4.91. The number of carboxylic acid groups (broad SMARTS) is 1. The molecule has 1 atom stereocenters. The molecule has 0 aromatic heterocycles. The molecule has 0 rings (SSSR count). The van der Waals surface area contributed by atoms with E-state index >= 15 is 0 Å². The molecule has 5 nitrogen and oxygen atoms in total. The summed E-state index contributed by atoms with van der Waals surface area (Å²) in [5.74, 6) is -2.16. The van der Waals surface area contributed by atoms with Crippen molar-refractivity contribution in [3.63, 3.8) is 0 Å². The summed E-state index contributed by atoms with van der Waals surface area (Å²) in [5, 5.41) is 12.5.